The molecule has 2 aromatic carbocycles. The molecule has 0 spiro atoms. The maximum absolute atomic E-state index is 13.1. The van der Waals surface area contributed by atoms with Gasteiger partial charge in [-0.2, -0.15) is 0 Å². The van der Waals surface area contributed by atoms with Gasteiger partial charge in [0.15, 0.2) is 6.61 Å². The largest absolute Gasteiger partial charge is 0.494 e. The molecular formula is C27H37N3O6. The van der Waals surface area contributed by atoms with Crippen molar-refractivity contribution in [2.75, 3.05) is 19.8 Å². The Hall–Kier alpha value is -3.75. The molecule has 4 N–H and O–H groups in total. The molecule has 9 nitrogen and oxygen atoms in total. The molecule has 0 aliphatic carbocycles. The molecule has 0 aromatic heterocycles. The Labute approximate surface area is 212 Å². The van der Waals surface area contributed by atoms with E-state index in [4.69, 9.17) is 30.5 Å². The van der Waals surface area contributed by atoms with E-state index in [2.05, 4.69) is 0 Å². The number of nitrogens with two attached hydrogens (primary N) is 1. The second-order valence-corrected chi connectivity index (χ2v) is 8.94. The first-order chi connectivity index (χ1) is 17.1. The lowest BCUT2D eigenvalue weighted by atomic mass is 10.1. The Morgan fingerprint density at radius 1 is 0.889 bits per heavy atom. The van der Waals surface area contributed by atoms with Crippen LogP contribution in [0.15, 0.2) is 42.5 Å². The van der Waals surface area contributed by atoms with Gasteiger partial charge in [0.05, 0.1) is 18.8 Å². The van der Waals surface area contributed by atoms with Gasteiger partial charge in [-0.1, -0.05) is 0 Å². The van der Waals surface area contributed by atoms with Crippen LogP contribution < -0.4 is 19.9 Å². The number of amides is 1. The maximum Gasteiger partial charge on any atom is 0.341 e. The van der Waals surface area contributed by atoms with Crippen LogP contribution in [-0.2, 0) is 4.79 Å². The van der Waals surface area contributed by atoms with Crippen LogP contribution in [-0.4, -0.2) is 59.6 Å². The second-order valence-electron chi connectivity index (χ2n) is 8.94. The molecular weight excluding hydrogens is 462 g/mol. The first-order valence-corrected chi connectivity index (χ1v) is 12.1. The third kappa shape index (κ3) is 8.79. The quantitative estimate of drug-likeness (QED) is 0.189. The first kappa shape index (κ1) is 28.5. The molecule has 0 heterocycles. The van der Waals surface area contributed by atoms with Crippen LogP contribution in [0, 0.1) is 5.41 Å². The van der Waals surface area contributed by atoms with E-state index in [1.165, 1.54) is 0 Å². The van der Waals surface area contributed by atoms with Crippen LogP contribution in [0.1, 0.15) is 62.9 Å². The van der Waals surface area contributed by atoms with Gasteiger partial charge in [0.2, 0.25) is 0 Å². The number of carboxylic acid groups (broad SMARTS) is 1. The molecule has 0 radical (unpaired) electrons. The van der Waals surface area contributed by atoms with E-state index >= 15 is 0 Å². The van der Waals surface area contributed by atoms with Crippen molar-refractivity contribution in [2.45, 2.75) is 59.0 Å². The van der Waals surface area contributed by atoms with Gasteiger partial charge in [0, 0.05) is 23.7 Å². The van der Waals surface area contributed by atoms with E-state index in [0.29, 0.717) is 30.1 Å². The molecule has 0 unspecified atom stereocenters. The predicted molar refractivity (Wildman–Crippen MR) is 138 cm³/mol. The zero-order chi connectivity index (χ0) is 26.7. The van der Waals surface area contributed by atoms with Gasteiger partial charge in [0.25, 0.3) is 5.91 Å². The molecule has 0 aliphatic heterocycles. The van der Waals surface area contributed by atoms with Crippen LogP contribution in [0.4, 0.5) is 0 Å². The SMILES string of the molecule is CC(C)N(C(=O)c1ccc(OCCCCCOc2ccc(C(=N)N)cc2)cc1OCC(=O)O)C(C)C. The number of nitrogens with one attached hydrogen (secondary N) is 1. The zero-order valence-electron chi connectivity index (χ0n) is 21.5. The Morgan fingerprint density at radius 3 is 1.97 bits per heavy atom. The number of carbonyl (C=O) groups excluding carboxylic acids is 1. The summed E-state index contributed by atoms with van der Waals surface area (Å²) in [6.45, 7) is 8.20. The van der Waals surface area contributed by atoms with Crippen molar-refractivity contribution < 1.29 is 28.9 Å². The summed E-state index contributed by atoms with van der Waals surface area (Å²) in [7, 11) is 0. The number of nitrogen functional groups attached to an aromatic ring is 1. The lowest BCUT2D eigenvalue weighted by Gasteiger charge is -2.31. The average molecular weight is 500 g/mol. The number of rotatable bonds is 15. The standard InChI is InChI=1S/C27H37N3O6/c1-18(2)30(19(3)4)27(33)23-13-12-22(16-24(23)36-17-25(31)32)35-15-7-5-6-14-34-21-10-8-20(9-11-21)26(28)29/h8-13,16,18-19H,5-7,14-15,17H2,1-4H3,(H3,28,29)(H,31,32). The monoisotopic (exact) mass is 499 g/mol. The molecule has 2 aromatic rings. The molecule has 0 fully saturated rings. The normalized spacial score (nSPS) is 10.8. The molecule has 2 rings (SSSR count). The highest BCUT2D eigenvalue weighted by Gasteiger charge is 2.25. The summed E-state index contributed by atoms with van der Waals surface area (Å²) in [5.74, 6) is 0.110. The number of aliphatic carboxylic acids is 1. The molecule has 0 atom stereocenters. The highest BCUT2D eigenvalue weighted by atomic mass is 16.5. The lowest BCUT2D eigenvalue weighted by Crippen LogP contribution is -2.42. The van der Waals surface area contributed by atoms with E-state index < -0.39 is 12.6 Å². The van der Waals surface area contributed by atoms with Gasteiger partial charge in [-0.15, -0.1) is 0 Å². The first-order valence-electron chi connectivity index (χ1n) is 12.1. The predicted octanol–water partition coefficient (Wildman–Crippen LogP) is 4.32. The third-order valence-electron chi connectivity index (χ3n) is 5.37. The van der Waals surface area contributed by atoms with Crippen molar-refractivity contribution in [3.05, 3.63) is 53.6 Å². The topological polar surface area (TPSA) is 135 Å². The average Bonchev–Trinajstić information content (AvgIpc) is 2.82. The van der Waals surface area contributed by atoms with Crippen LogP contribution in [0.2, 0.25) is 0 Å². The molecule has 36 heavy (non-hydrogen) atoms. The molecule has 0 saturated heterocycles. The third-order valence-corrected chi connectivity index (χ3v) is 5.37. The van der Waals surface area contributed by atoms with Crippen LogP contribution in [0.25, 0.3) is 0 Å². The van der Waals surface area contributed by atoms with Gasteiger partial charge in [-0.05, 0) is 83.4 Å². The molecule has 0 aliphatic rings. The Kier molecular flexibility index (Phi) is 11.1. The summed E-state index contributed by atoms with van der Waals surface area (Å²) in [6.07, 6.45) is 2.54. The number of hydrogen-bond donors (Lipinski definition) is 3. The highest BCUT2D eigenvalue weighted by molar-refractivity contribution is 5.97. The van der Waals surface area contributed by atoms with Gasteiger partial charge in [0.1, 0.15) is 23.1 Å². The molecule has 196 valence electrons. The number of ether oxygens (including phenoxy) is 3. The van der Waals surface area contributed by atoms with E-state index in [-0.39, 0.29) is 29.6 Å². The Bertz CT molecular complexity index is 1010. The fraction of sp³-hybridized carbons (Fsp3) is 0.444. The van der Waals surface area contributed by atoms with Crippen LogP contribution in [0.5, 0.6) is 17.2 Å². The number of hydrogen-bond acceptors (Lipinski definition) is 6. The second kappa shape index (κ2) is 14.0. The van der Waals surface area contributed by atoms with Crippen LogP contribution >= 0.6 is 0 Å². The van der Waals surface area contributed by atoms with Crippen molar-refractivity contribution in [3.63, 3.8) is 0 Å². The number of benzene rings is 2. The van der Waals surface area contributed by atoms with Crippen molar-refractivity contribution in [3.8, 4) is 17.2 Å². The van der Waals surface area contributed by atoms with Crippen molar-refractivity contribution >= 4 is 17.7 Å². The minimum absolute atomic E-state index is 0.0235. The van der Waals surface area contributed by atoms with Crippen molar-refractivity contribution in [1.82, 2.24) is 4.90 Å². The summed E-state index contributed by atoms with van der Waals surface area (Å²) < 4.78 is 17.0. The van der Waals surface area contributed by atoms with Crippen molar-refractivity contribution in [2.24, 2.45) is 5.73 Å². The molecule has 0 bridgehead atoms. The minimum atomic E-state index is -1.12. The van der Waals surface area contributed by atoms with Gasteiger partial charge >= 0.3 is 5.97 Å². The maximum atomic E-state index is 13.1. The molecule has 9 heteroatoms. The number of carbonyl (C=O) groups is 2. The zero-order valence-corrected chi connectivity index (χ0v) is 21.5. The Morgan fingerprint density at radius 2 is 1.44 bits per heavy atom. The number of carboxylic acids is 1. The van der Waals surface area contributed by atoms with E-state index in [9.17, 15) is 9.59 Å². The van der Waals surface area contributed by atoms with Gasteiger partial charge in [-0.25, -0.2) is 4.79 Å². The summed E-state index contributed by atoms with van der Waals surface area (Å²) in [5.41, 5.74) is 6.41. The van der Waals surface area contributed by atoms with Crippen molar-refractivity contribution in [1.29, 1.82) is 5.41 Å². The summed E-state index contributed by atoms with van der Waals surface area (Å²) >= 11 is 0. The van der Waals surface area contributed by atoms with Gasteiger partial charge in [-0.3, -0.25) is 10.2 Å². The lowest BCUT2D eigenvalue weighted by molar-refractivity contribution is -0.139. The molecule has 1 amide bonds. The fourth-order valence-corrected chi connectivity index (χ4v) is 3.72. The molecule has 0 saturated carbocycles. The number of unbranched alkanes of at least 4 members (excludes halogenated alkanes) is 2. The Balaban J connectivity index is 1.88. The van der Waals surface area contributed by atoms with Crippen LogP contribution in [0.3, 0.4) is 0 Å². The summed E-state index contributed by atoms with van der Waals surface area (Å²) in [6, 6.07) is 11.9. The summed E-state index contributed by atoms with van der Waals surface area (Å²) in [4.78, 5) is 25.9. The smallest absolute Gasteiger partial charge is 0.341 e. The summed E-state index contributed by atoms with van der Waals surface area (Å²) in [5, 5.41) is 16.4. The fourth-order valence-electron chi connectivity index (χ4n) is 3.72. The highest BCUT2D eigenvalue weighted by Crippen LogP contribution is 2.28. The number of nitrogens with zero attached hydrogens (tertiary/aromatic N) is 1. The van der Waals surface area contributed by atoms with E-state index in [1.807, 2.05) is 27.7 Å². The van der Waals surface area contributed by atoms with E-state index in [0.717, 1.165) is 25.0 Å². The minimum Gasteiger partial charge on any atom is -0.494 e. The number of amidine groups is 1. The van der Waals surface area contributed by atoms with Gasteiger partial charge < -0.3 is 30.0 Å². The van der Waals surface area contributed by atoms with E-state index in [1.54, 1.807) is 47.4 Å².